The second-order valence-corrected chi connectivity index (χ2v) is 8.05. The molecule has 4 amide bonds. The third kappa shape index (κ3) is 9.50. The van der Waals surface area contributed by atoms with Gasteiger partial charge in [0.2, 0.25) is 23.6 Å². The fraction of sp³-hybridized carbons (Fsp3) is 0.684. The van der Waals surface area contributed by atoms with E-state index in [2.05, 4.69) is 25.3 Å². The molecule has 35 heavy (non-hydrogen) atoms. The van der Waals surface area contributed by atoms with Gasteiger partial charge in [0.15, 0.2) is 6.10 Å². The van der Waals surface area contributed by atoms with Crippen LogP contribution in [0.2, 0.25) is 0 Å². The van der Waals surface area contributed by atoms with E-state index < -0.39 is 79.5 Å². The smallest absolute Gasteiger partial charge is 0.484 e. The van der Waals surface area contributed by atoms with E-state index in [1.165, 1.54) is 25.7 Å². The van der Waals surface area contributed by atoms with Crippen molar-refractivity contribution in [3.63, 3.8) is 0 Å². The third-order valence-electron chi connectivity index (χ3n) is 5.24. The van der Waals surface area contributed by atoms with Gasteiger partial charge in [-0.3, -0.25) is 24.0 Å². The number of aliphatic carboxylic acids is 1. The molecular formula is C19H31BN4O11. The Morgan fingerprint density at radius 2 is 1.63 bits per heavy atom. The van der Waals surface area contributed by atoms with E-state index in [9.17, 15) is 28.8 Å². The highest BCUT2D eigenvalue weighted by atomic mass is 16.6. The molecule has 0 bridgehead atoms. The van der Waals surface area contributed by atoms with Gasteiger partial charge in [0.05, 0.1) is 12.3 Å². The molecule has 6 N–H and O–H groups in total. The van der Waals surface area contributed by atoms with Crippen molar-refractivity contribution in [2.45, 2.75) is 57.8 Å². The van der Waals surface area contributed by atoms with E-state index >= 15 is 0 Å². The first-order valence-electron chi connectivity index (χ1n) is 10.8. The Morgan fingerprint density at radius 3 is 2.17 bits per heavy atom. The highest BCUT2D eigenvalue weighted by Gasteiger charge is 2.35. The Morgan fingerprint density at radius 1 is 1.00 bits per heavy atom. The van der Waals surface area contributed by atoms with Crippen LogP contribution in [-0.4, -0.2) is 107 Å². The van der Waals surface area contributed by atoms with Crippen LogP contribution in [0.1, 0.15) is 33.6 Å². The Hall–Kier alpha value is -3.24. The lowest BCUT2D eigenvalue weighted by atomic mass is 10.1. The number of amides is 4. The third-order valence-corrected chi connectivity index (χ3v) is 5.24. The number of likely N-dealkylation sites (tertiary alicyclic amines) is 1. The molecule has 5 atom stereocenters. The number of ether oxygens (including phenoxy) is 1. The minimum absolute atomic E-state index is 0.0369. The Balaban J connectivity index is 2.53. The lowest BCUT2D eigenvalue weighted by Gasteiger charge is -2.23. The molecule has 0 spiro atoms. The largest absolute Gasteiger partial charge is 0.709 e. The molecule has 0 aromatic heterocycles. The molecule has 0 aromatic carbocycles. The highest BCUT2D eigenvalue weighted by Crippen LogP contribution is 2.17. The maximum absolute atomic E-state index is 12.7. The number of carboxylic acids is 1. The number of methoxy groups -OCH3 is 1. The molecule has 1 rings (SSSR count). The molecule has 16 heteroatoms. The minimum Gasteiger partial charge on any atom is -0.484 e. The van der Waals surface area contributed by atoms with Gasteiger partial charge in [0.25, 0.3) is 0 Å². The van der Waals surface area contributed by atoms with Crippen molar-refractivity contribution in [1.82, 2.24) is 20.9 Å². The van der Waals surface area contributed by atoms with Crippen LogP contribution in [0, 0.1) is 5.92 Å². The predicted octanol–water partition coefficient (Wildman–Crippen LogP) is -3.65. The summed E-state index contributed by atoms with van der Waals surface area (Å²) in [6.45, 7) is 4.37. The van der Waals surface area contributed by atoms with E-state index in [-0.39, 0.29) is 13.1 Å². The molecular weight excluding hydrogens is 471 g/mol. The van der Waals surface area contributed by atoms with Crippen molar-refractivity contribution in [3.05, 3.63) is 0 Å². The number of nitrogens with zero attached hydrogens (tertiary/aromatic N) is 1. The average molecular weight is 502 g/mol. The first-order chi connectivity index (χ1) is 16.3. The fourth-order valence-corrected chi connectivity index (χ4v) is 3.25. The van der Waals surface area contributed by atoms with Crippen molar-refractivity contribution in [2.75, 3.05) is 20.2 Å². The van der Waals surface area contributed by atoms with E-state index in [1.54, 1.807) is 0 Å². The van der Waals surface area contributed by atoms with Crippen LogP contribution in [-0.2, 0) is 38.2 Å². The molecule has 1 heterocycles. The van der Waals surface area contributed by atoms with Crippen molar-refractivity contribution in [1.29, 1.82) is 0 Å². The maximum atomic E-state index is 12.7. The molecule has 1 aliphatic heterocycles. The zero-order valence-electron chi connectivity index (χ0n) is 19.8. The fourth-order valence-electron chi connectivity index (χ4n) is 3.25. The number of nitrogens with one attached hydrogen (secondary N) is 3. The number of hydrogen-bond donors (Lipinski definition) is 6. The number of carbonyl (C=O) groups is 6. The van der Waals surface area contributed by atoms with Crippen LogP contribution < -0.4 is 16.0 Å². The first-order valence-corrected chi connectivity index (χ1v) is 10.8. The summed E-state index contributed by atoms with van der Waals surface area (Å²) in [4.78, 5) is 73.2. The molecule has 2 unspecified atom stereocenters. The van der Waals surface area contributed by atoms with Gasteiger partial charge in [0.1, 0.15) is 18.1 Å². The van der Waals surface area contributed by atoms with Crippen LogP contribution >= 0.6 is 0 Å². The molecule has 0 aromatic rings. The van der Waals surface area contributed by atoms with Crippen molar-refractivity contribution in [2.24, 2.45) is 5.92 Å². The lowest BCUT2D eigenvalue weighted by molar-refractivity contribution is -0.151. The van der Waals surface area contributed by atoms with Gasteiger partial charge in [-0.2, -0.15) is 0 Å². The molecule has 0 radical (unpaired) electrons. The van der Waals surface area contributed by atoms with Crippen molar-refractivity contribution in [3.8, 4) is 0 Å². The number of carbonyl (C=O) groups excluding carboxylic acids is 5. The van der Waals surface area contributed by atoms with Crippen LogP contribution in [0.5, 0.6) is 0 Å². The average Bonchev–Trinajstić information content (AvgIpc) is 3.26. The molecule has 196 valence electrons. The second-order valence-electron chi connectivity index (χ2n) is 8.05. The SMILES string of the molecule is COC(CC(=O)N[C@H](C)C(=O)N[C@H](C)C(=O)N1CCC(C(=O)N[C@@H](C)C(=O)OB(O)O)C1)C(=O)O. The monoisotopic (exact) mass is 502 g/mol. The van der Waals surface area contributed by atoms with E-state index in [1.807, 2.05) is 0 Å². The summed E-state index contributed by atoms with van der Waals surface area (Å²) >= 11 is 0. The summed E-state index contributed by atoms with van der Waals surface area (Å²) < 4.78 is 8.84. The highest BCUT2D eigenvalue weighted by molar-refractivity contribution is 6.36. The molecule has 1 aliphatic rings. The van der Waals surface area contributed by atoms with Gasteiger partial charge < -0.3 is 45.4 Å². The minimum atomic E-state index is -2.30. The Labute approximate surface area is 201 Å². The van der Waals surface area contributed by atoms with Gasteiger partial charge in [-0.05, 0) is 27.2 Å². The molecule has 1 fully saturated rings. The van der Waals surface area contributed by atoms with Crippen LogP contribution in [0.25, 0.3) is 0 Å². The van der Waals surface area contributed by atoms with Gasteiger partial charge in [0, 0.05) is 20.2 Å². The molecule has 0 aliphatic carbocycles. The summed E-state index contributed by atoms with van der Waals surface area (Å²) in [5, 5.41) is 33.4. The van der Waals surface area contributed by atoms with Crippen LogP contribution in [0.3, 0.4) is 0 Å². The van der Waals surface area contributed by atoms with E-state index in [0.717, 1.165) is 7.11 Å². The van der Waals surface area contributed by atoms with Gasteiger partial charge in [-0.15, -0.1) is 0 Å². The molecule has 15 nitrogen and oxygen atoms in total. The molecule has 0 saturated carbocycles. The Kier molecular flexibility index (Phi) is 11.6. The summed E-state index contributed by atoms with van der Waals surface area (Å²) in [6, 6.07) is -3.17. The van der Waals surface area contributed by atoms with E-state index in [4.69, 9.17) is 15.2 Å². The summed E-state index contributed by atoms with van der Waals surface area (Å²) in [5.41, 5.74) is 0. The number of carboxylic acid groups (broad SMARTS) is 1. The first kappa shape index (κ1) is 29.8. The summed E-state index contributed by atoms with van der Waals surface area (Å²) in [5.74, 6) is -5.38. The zero-order chi connectivity index (χ0) is 26.9. The van der Waals surface area contributed by atoms with Crippen molar-refractivity contribution < 1.29 is 53.3 Å². The Bertz CT molecular complexity index is 825. The van der Waals surface area contributed by atoms with Crippen LogP contribution in [0.15, 0.2) is 0 Å². The van der Waals surface area contributed by atoms with Crippen LogP contribution in [0.4, 0.5) is 0 Å². The normalized spacial score (nSPS) is 18.5. The van der Waals surface area contributed by atoms with E-state index in [0.29, 0.717) is 6.42 Å². The second kappa shape index (κ2) is 13.6. The van der Waals surface area contributed by atoms with Gasteiger partial charge in [-0.1, -0.05) is 0 Å². The zero-order valence-corrected chi connectivity index (χ0v) is 19.8. The van der Waals surface area contributed by atoms with Crippen molar-refractivity contribution >= 4 is 42.9 Å². The number of rotatable bonds is 12. The predicted molar refractivity (Wildman–Crippen MR) is 117 cm³/mol. The summed E-state index contributed by atoms with van der Waals surface area (Å²) in [7, 11) is -1.17. The maximum Gasteiger partial charge on any atom is 0.709 e. The number of hydrogen-bond acceptors (Lipinski definition) is 10. The lowest BCUT2D eigenvalue weighted by Crippen LogP contribution is -2.52. The van der Waals surface area contributed by atoms with Gasteiger partial charge in [-0.25, -0.2) is 4.79 Å². The summed E-state index contributed by atoms with van der Waals surface area (Å²) in [6.07, 6.45) is -1.55. The standard InChI is InChI=1S/C19H31BN4O11/c1-9(21-14(25)7-13(34-4)18(29)30)15(26)22-10(2)17(28)24-6-5-12(8-24)16(27)23-11(3)19(31)35-20(32)33/h9-13,32-33H,5-8H2,1-4H3,(H,21,25)(H,22,26)(H,23,27)(H,29,30)/t9-,10-,11+,12?,13?/m1/s1. The molecule has 1 saturated heterocycles. The quantitative estimate of drug-likeness (QED) is 0.143. The topological polar surface area (TPSA) is 221 Å². The van der Waals surface area contributed by atoms with Gasteiger partial charge >= 0.3 is 19.3 Å².